The first-order valence-corrected chi connectivity index (χ1v) is 12.7. The third-order valence-corrected chi connectivity index (χ3v) is 6.15. The van der Waals surface area contributed by atoms with E-state index in [1.807, 2.05) is 36.4 Å². The number of carbonyl (C=O) groups is 2. The lowest BCUT2D eigenvalue weighted by Gasteiger charge is -2.21. The van der Waals surface area contributed by atoms with Crippen molar-refractivity contribution in [2.24, 2.45) is 5.10 Å². The van der Waals surface area contributed by atoms with E-state index in [2.05, 4.69) is 57.2 Å². The summed E-state index contributed by atoms with van der Waals surface area (Å²) in [6.45, 7) is 7.76. The van der Waals surface area contributed by atoms with E-state index >= 15 is 0 Å². The Kier molecular flexibility index (Phi) is 9.63. The number of aromatic hydroxyl groups is 1. The lowest BCUT2D eigenvalue weighted by Crippen LogP contribution is -2.32. The molecule has 0 aliphatic carbocycles. The molecule has 0 aliphatic heterocycles. The van der Waals surface area contributed by atoms with Gasteiger partial charge in [-0.3, -0.25) is 9.59 Å². The summed E-state index contributed by atoms with van der Waals surface area (Å²) >= 11 is 2.15. The van der Waals surface area contributed by atoms with Gasteiger partial charge in [0.1, 0.15) is 11.4 Å². The predicted octanol–water partition coefficient (Wildman–Crippen LogP) is 5.07. The van der Waals surface area contributed by atoms with Gasteiger partial charge in [-0.05, 0) is 97.0 Å². The topological polar surface area (TPSA) is 94.0 Å². The first-order valence-electron chi connectivity index (χ1n) is 11.6. The highest BCUT2D eigenvalue weighted by atomic mass is 127. The minimum absolute atomic E-state index is 0.0413. The van der Waals surface area contributed by atoms with E-state index < -0.39 is 11.8 Å². The number of halogens is 1. The van der Waals surface area contributed by atoms with Crippen LogP contribution in [0.3, 0.4) is 0 Å². The average Bonchev–Trinajstić information content (AvgIpc) is 2.88. The lowest BCUT2D eigenvalue weighted by molar-refractivity contribution is -0.117. The van der Waals surface area contributed by atoms with Crippen LogP contribution in [0.2, 0.25) is 0 Å². The molecule has 0 aliphatic rings. The molecule has 3 aromatic rings. The molecule has 7 nitrogen and oxygen atoms in total. The summed E-state index contributed by atoms with van der Waals surface area (Å²) in [5, 5.41) is 16.9. The van der Waals surface area contributed by atoms with E-state index in [1.54, 1.807) is 43.3 Å². The molecule has 0 saturated heterocycles. The molecule has 0 bridgehead atoms. The van der Waals surface area contributed by atoms with Crippen LogP contribution in [0.15, 0.2) is 77.5 Å². The maximum atomic E-state index is 13.0. The summed E-state index contributed by atoms with van der Waals surface area (Å²) in [4.78, 5) is 28.0. The van der Waals surface area contributed by atoms with Crippen molar-refractivity contribution in [2.45, 2.75) is 20.8 Å². The number of anilines is 1. The van der Waals surface area contributed by atoms with Gasteiger partial charge in [0.15, 0.2) is 0 Å². The van der Waals surface area contributed by atoms with Gasteiger partial charge in [0.05, 0.1) is 6.21 Å². The number of phenolic OH excluding ortho intramolecular Hbond substituents is 1. The second-order valence-corrected chi connectivity index (χ2v) is 9.25. The molecule has 3 N–H and O–H groups in total. The summed E-state index contributed by atoms with van der Waals surface area (Å²) in [5.41, 5.74) is 5.93. The van der Waals surface area contributed by atoms with Gasteiger partial charge in [-0.1, -0.05) is 30.3 Å². The third-order valence-electron chi connectivity index (χ3n) is 5.53. The smallest absolute Gasteiger partial charge is 0.287 e. The molecule has 0 radical (unpaired) electrons. The van der Waals surface area contributed by atoms with Gasteiger partial charge in [0.2, 0.25) is 0 Å². The Morgan fingerprint density at radius 3 is 2.33 bits per heavy atom. The zero-order valence-corrected chi connectivity index (χ0v) is 22.6. The Morgan fingerprint density at radius 2 is 1.69 bits per heavy atom. The van der Waals surface area contributed by atoms with Crippen LogP contribution in [0.25, 0.3) is 6.08 Å². The molecule has 0 atom stereocenters. The number of amides is 2. The van der Waals surface area contributed by atoms with Crippen molar-refractivity contribution in [1.29, 1.82) is 0 Å². The second kappa shape index (κ2) is 12.9. The maximum Gasteiger partial charge on any atom is 0.287 e. The van der Waals surface area contributed by atoms with E-state index in [9.17, 15) is 14.7 Å². The van der Waals surface area contributed by atoms with E-state index in [-0.39, 0.29) is 11.4 Å². The number of nitrogens with one attached hydrogen (secondary N) is 2. The Hall–Kier alpha value is -3.66. The van der Waals surface area contributed by atoms with E-state index in [0.717, 1.165) is 27.9 Å². The Balaban J connectivity index is 1.85. The van der Waals surface area contributed by atoms with Crippen molar-refractivity contribution in [1.82, 2.24) is 10.7 Å². The number of hydrogen-bond acceptors (Lipinski definition) is 5. The zero-order valence-electron chi connectivity index (χ0n) is 20.5. The van der Waals surface area contributed by atoms with Crippen molar-refractivity contribution in [2.75, 3.05) is 18.0 Å². The minimum atomic E-state index is -0.592. The molecule has 0 fully saturated rings. The van der Waals surface area contributed by atoms with Crippen LogP contribution in [-0.4, -0.2) is 36.2 Å². The highest BCUT2D eigenvalue weighted by Crippen LogP contribution is 2.23. The molecule has 0 spiro atoms. The molecule has 36 heavy (non-hydrogen) atoms. The van der Waals surface area contributed by atoms with Gasteiger partial charge >= 0.3 is 0 Å². The summed E-state index contributed by atoms with van der Waals surface area (Å²) in [7, 11) is 0. The Bertz CT molecular complexity index is 1270. The van der Waals surface area contributed by atoms with Crippen LogP contribution in [0.4, 0.5) is 5.69 Å². The fourth-order valence-electron chi connectivity index (χ4n) is 3.56. The van der Waals surface area contributed by atoms with Crippen molar-refractivity contribution >= 4 is 52.4 Å². The van der Waals surface area contributed by atoms with E-state index in [0.29, 0.717) is 16.7 Å². The number of phenols is 1. The monoisotopic (exact) mass is 596 g/mol. The lowest BCUT2D eigenvalue weighted by atomic mass is 10.1. The van der Waals surface area contributed by atoms with Gasteiger partial charge < -0.3 is 15.3 Å². The Labute approximate surface area is 225 Å². The number of carbonyl (C=O) groups excluding carboxylic acids is 2. The van der Waals surface area contributed by atoms with Crippen molar-refractivity contribution in [3.05, 3.63) is 98.3 Å². The molecular formula is C28H29IN4O3. The van der Waals surface area contributed by atoms with Crippen LogP contribution >= 0.6 is 22.6 Å². The minimum Gasteiger partial charge on any atom is -0.507 e. The van der Waals surface area contributed by atoms with E-state index in [4.69, 9.17) is 0 Å². The Morgan fingerprint density at radius 1 is 1.03 bits per heavy atom. The molecule has 2 amide bonds. The number of nitrogens with zero attached hydrogens (tertiary/aromatic N) is 2. The molecule has 3 aromatic carbocycles. The molecule has 0 saturated carbocycles. The summed E-state index contributed by atoms with van der Waals surface area (Å²) in [6.07, 6.45) is 2.97. The number of hydrazone groups is 1. The second-order valence-electron chi connectivity index (χ2n) is 8.00. The molecule has 8 heteroatoms. The largest absolute Gasteiger partial charge is 0.507 e. The standard InChI is InChI=1S/C28H29IN4O3/c1-4-33(5-2)24-13-11-20(12-14-24)16-25(31-27(35)21-9-7-6-8-10-21)28(36)32-30-18-22-17-23(29)15-19(3)26(22)34/h6-18,34H,4-5H2,1-3H3,(H,31,35)(H,32,36)/b25-16-,30-18-. The van der Waals surface area contributed by atoms with Crippen molar-refractivity contribution in [3.8, 4) is 5.75 Å². The SMILES string of the molecule is CCN(CC)c1ccc(/C=C(\NC(=O)c2ccccc2)C(=O)N/N=C\c2cc(I)cc(C)c2O)cc1. The van der Waals surface area contributed by atoms with Crippen molar-refractivity contribution in [3.63, 3.8) is 0 Å². The summed E-state index contributed by atoms with van der Waals surface area (Å²) in [5.74, 6) is -0.910. The van der Waals surface area contributed by atoms with Gasteiger partial charge in [-0.25, -0.2) is 5.43 Å². The fourth-order valence-corrected chi connectivity index (χ4v) is 4.36. The number of rotatable bonds is 9. The van der Waals surface area contributed by atoms with Crippen LogP contribution < -0.4 is 15.6 Å². The molecule has 0 unspecified atom stereocenters. The quantitative estimate of drug-likeness (QED) is 0.139. The number of hydrogen-bond donors (Lipinski definition) is 3. The zero-order chi connectivity index (χ0) is 26.1. The van der Waals surface area contributed by atoms with Crippen LogP contribution in [0, 0.1) is 10.5 Å². The molecule has 3 rings (SSSR count). The normalized spacial score (nSPS) is 11.4. The first kappa shape index (κ1) is 26.9. The van der Waals surface area contributed by atoms with Gasteiger partial charge in [-0.2, -0.15) is 5.10 Å². The van der Waals surface area contributed by atoms with Gasteiger partial charge in [0.25, 0.3) is 11.8 Å². The van der Waals surface area contributed by atoms with Gasteiger partial charge in [-0.15, -0.1) is 0 Å². The molecule has 186 valence electrons. The fraction of sp³-hybridized carbons (Fsp3) is 0.179. The van der Waals surface area contributed by atoms with Gasteiger partial charge in [0, 0.05) is 33.5 Å². The number of aryl methyl sites for hydroxylation is 1. The number of benzene rings is 3. The molecule has 0 heterocycles. The first-order chi connectivity index (χ1) is 17.3. The average molecular weight is 596 g/mol. The summed E-state index contributed by atoms with van der Waals surface area (Å²) in [6, 6.07) is 20.0. The van der Waals surface area contributed by atoms with E-state index in [1.165, 1.54) is 6.21 Å². The van der Waals surface area contributed by atoms with Crippen molar-refractivity contribution < 1.29 is 14.7 Å². The van der Waals surface area contributed by atoms with Crippen LogP contribution in [0.1, 0.15) is 40.9 Å². The molecular weight excluding hydrogens is 567 g/mol. The highest BCUT2D eigenvalue weighted by molar-refractivity contribution is 14.1. The van der Waals surface area contributed by atoms with Crippen LogP contribution in [-0.2, 0) is 4.79 Å². The maximum absolute atomic E-state index is 13.0. The summed E-state index contributed by atoms with van der Waals surface area (Å²) < 4.78 is 0.930. The van der Waals surface area contributed by atoms with Crippen LogP contribution in [0.5, 0.6) is 5.75 Å². The predicted molar refractivity (Wildman–Crippen MR) is 153 cm³/mol. The third kappa shape index (κ3) is 7.17. The highest BCUT2D eigenvalue weighted by Gasteiger charge is 2.15. The molecule has 0 aromatic heterocycles.